The molecular formula is C26H24F3NO3. The summed E-state index contributed by atoms with van der Waals surface area (Å²) in [7, 11) is 0. The summed E-state index contributed by atoms with van der Waals surface area (Å²) in [5.41, 5.74) is 1.40. The van der Waals surface area contributed by atoms with E-state index in [1.54, 1.807) is 35.2 Å². The summed E-state index contributed by atoms with van der Waals surface area (Å²) < 4.78 is 45.9. The van der Waals surface area contributed by atoms with Crippen molar-refractivity contribution < 1.29 is 27.8 Å². The first-order chi connectivity index (χ1) is 15.8. The number of nitrogens with zero attached hydrogens (tertiary/aromatic N) is 1. The predicted molar refractivity (Wildman–Crippen MR) is 118 cm³/mol. The molecule has 0 aromatic heterocycles. The standard InChI is InChI=1S/C26H24F3NO3/c27-26(28,29)21-9-4-8-20(16-21)24(30-15-5-10-23(30)25(31)32)19-11-13-22(14-12-19)33-17-18-6-2-1-3-7-18/h1-4,6-9,11-14,16,23-24H,5,10,15,17H2,(H,31,32). The van der Waals surface area contributed by atoms with E-state index in [1.807, 2.05) is 30.3 Å². The van der Waals surface area contributed by atoms with Gasteiger partial charge in [0.05, 0.1) is 11.6 Å². The van der Waals surface area contributed by atoms with Gasteiger partial charge in [-0.15, -0.1) is 0 Å². The summed E-state index contributed by atoms with van der Waals surface area (Å²) in [4.78, 5) is 13.6. The first kappa shape index (κ1) is 22.9. The van der Waals surface area contributed by atoms with E-state index >= 15 is 0 Å². The van der Waals surface area contributed by atoms with Crippen LogP contribution in [0.3, 0.4) is 0 Å². The molecule has 3 aromatic rings. The number of carbonyl (C=O) groups is 1. The zero-order chi connectivity index (χ0) is 23.4. The van der Waals surface area contributed by atoms with Crippen molar-refractivity contribution in [2.24, 2.45) is 0 Å². The number of aliphatic carboxylic acids is 1. The van der Waals surface area contributed by atoms with Crippen molar-refractivity contribution in [1.29, 1.82) is 0 Å². The minimum Gasteiger partial charge on any atom is -0.489 e. The van der Waals surface area contributed by atoms with Crippen molar-refractivity contribution in [3.05, 3.63) is 101 Å². The van der Waals surface area contributed by atoms with Gasteiger partial charge in [-0.05, 0) is 53.8 Å². The Morgan fingerprint density at radius 2 is 1.73 bits per heavy atom. The smallest absolute Gasteiger partial charge is 0.416 e. The van der Waals surface area contributed by atoms with E-state index in [2.05, 4.69) is 0 Å². The van der Waals surface area contributed by atoms with Crippen LogP contribution in [0, 0.1) is 0 Å². The highest BCUT2D eigenvalue weighted by Crippen LogP contribution is 2.38. The second kappa shape index (κ2) is 9.67. The van der Waals surface area contributed by atoms with E-state index in [0.29, 0.717) is 37.3 Å². The van der Waals surface area contributed by atoms with Gasteiger partial charge in [0.2, 0.25) is 0 Å². The molecule has 1 fully saturated rings. The number of hydrogen-bond acceptors (Lipinski definition) is 3. The number of benzene rings is 3. The lowest BCUT2D eigenvalue weighted by Crippen LogP contribution is -2.39. The van der Waals surface area contributed by atoms with Gasteiger partial charge in [-0.25, -0.2) is 0 Å². The molecule has 1 aliphatic rings. The van der Waals surface area contributed by atoms with Crippen LogP contribution in [0.15, 0.2) is 78.9 Å². The topological polar surface area (TPSA) is 49.8 Å². The third kappa shape index (κ3) is 5.37. The van der Waals surface area contributed by atoms with Crippen LogP contribution in [0.5, 0.6) is 5.75 Å². The van der Waals surface area contributed by atoms with Crippen LogP contribution in [-0.2, 0) is 17.6 Å². The average molecular weight is 455 g/mol. The van der Waals surface area contributed by atoms with Crippen LogP contribution in [0.1, 0.15) is 41.1 Å². The van der Waals surface area contributed by atoms with Crippen LogP contribution in [0.4, 0.5) is 13.2 Å². The second-order valence-corrected chi connectivity index (χ2v) is 8.10. The number of alkyl halides is 3. The van der Waals surface area contributed by atoms with E-state index in [0.717, 1.165) is 23.3 Å². The normalized spacial score (nSPS) is 17.6. The molecule has 3 aromatic carbocycles. The monoisotopic (exact) mass is 455 g/mol. The van der Waals surface area contributed by atoms with Gasteiger partial charge in [-0.1, -0.05) is 54.6 Å². The SMILES string of the molecule is O=C(O)C1CCCN1C(c1ccc(OCc2ccccc2)cc1)c1cccc(C(F)(F)F)c1. The number of likely N-dealkylation sites (tertiary alicyclic amines) is 1. The molecule has 1 aliphatic heterocycles. The lowest BCUT2D eigenvalue weighted by Gasteiger charge is -2.32. The minimum absolute atomic E-state index is 0.393. The molecule has 1 N–H and O–H groups in total. The number of carboxylic acids is 1. The Morgan fingerprint density at radius 3 is 2.39 bits per heavy atom. The largest absolute Gasteiger partial charge is 0.489 e. The molecule has 172 valence electrons. The molecule has 1 saturated heterocycles. The molecule has 0 aliphatic carbocycles. The van der Waals surface area contributed by atoms with Crippen LogP contribution in [0.2, 0.25) is 0 Å². The molecule has 2 atom stereocenters. The van der Waals surface area contributed by atoms with Crippen LogP contribution >= 0.6 is 0 Å². The molecule has 0 radical (unpaired) electrons. The van der Waals surface area contributed by atoms with E-state index in [-0.39, 0.29) is 0 Å². The number of carboxylic acid groups (broad SMARTS) is 1. The zero-order valence-corrected chi connectivity index (χ0v) is 17.8. The molecule has 2 unspecified atom stereocenters. The Kier molecular flexibility index (Phi) is 6.70. The Balaban J connectivity index is 1.64. The molecule has 1 heterocycles. The van der Waals surface area contributed by atoms with Crippen molar-refractivity contribution in [2.45, 2.75) is 37.7 Å². The fraction of sp³-hybridized carbons (Fsp3) is 0.269. The summed E-state index contributed by atoms with van der Waals surface area (Å²) >= 11 is 0. The van der Waals surface area contributed by atoms with Gasteiger partial charge in [0, 0.05) is 6.54 Å². The summed E-state index contributed by atoms with van der Waals surface area (Å²) in [6, 6.07) is 20.6. The Bertz CT molecular complexity index is 1080. The maximum atomic E-state index is 13.4. The van der Waals surface area contributed by atoms with Crippen molar-refractivity contribution in [3.63, 3.8) is 0 Å². The summed E-state index contributed by atoms with van der Waals surface area (Å²) in [5, 5.41) is 9.69. The maximum Gasteiger partial charge on any atom is 0.416 e. The second-order valence-electron chi connectivity index (χ2n) is 8.10. The van der Waals surface area contributed by atoms with Gasteiger partial charge in [0.25, 0.3) is 0 Å². The third-order valence-corrected chi connectivity index (χ3v) is 5.88. The number of halogens is 3. The summed E-state index contributed by atoms with van der Waals surface area (Å²) in [6.07, 6.45) is -3.35. The highest BCUT2D eigenvalue weighted by Gasteiger charge is 2.38. The predicted octanol–water partition coefficient (Wildman–Crippen LogP) is 5.92. The van der Waals surface area contributed by atoms with Crippen LogP contribution in [0.25, 0.3) is 0 Å². The van der Waals surface area contributed by atoms with Crippen LogP contribution in [-0.4, -0.2) is 28.6 Å². The molecule has 33 heavy (non-hydrogen) atoms. The van der Waals surface area contributed by atoms with Gasteiger partial charge < -0.3 is 9.84 Å². The van der Waals surface area contributed by atoms with Crippen molar-refractivity contribution >= 4 is 5.97 Å². The van der Waals surface area contributed by atoms with Gasteiger partial charge in [0.15, 0.2) is 0 Å². The number of ether oxygens (including phenoxy) is 1. The van der Waals surface area contributed by atoms with Gasteiger partial charge >= 0.3 is 12.1 Å². The number of rotatable bonds is 7. The maximum absolute atomic E-state index is 13.4. The molecule has 0 bridgehead atoms. The Hall–Kier alpha value is -3.32. The first-order valence-corrected chi connectivity index (χ1v) is 10.8. The molecule has 7 heteroatoms. The molecule has 0 spiro atoms. The van der Waals surface area contributed by atoms with Crippen LogP contribution < -0.4 is 4.74 Å². The number of hydrogen-bond donors (Lipinski definition) is 1. The van der Waals surface area contributed by atoms with Crippen molar-refractivity contribution in [3.8, 4) is 5.75 Å². The zero-order valence-electron chi connectivity index (χ0n) is 17.8. The molecule has 4 rings (SSSR count). The Morgan fingerprint density at radius 1 is 1.00 bits per heavy atom. The van der Waals surface area contributed by atoms with Gasteiger partial charge in [0.1, 0.15) is 18.4 Å². The molecule has 0 amide bonds. The van der Waals surface area contributed by atoms with Crippen molar-refractivity contribution in [2.75, 3.05) is 6.54 Å². The Labute approximate surface area is 190 Å². The first-order valence-electron chi connectivity index (χ1n) is 10.8. The van der Waals surface area contributed by atoms with E-state index < -0.39 is 29.8 Å². The quantitative estimate of drug-likeness (QED) is 0.480. The third-order valence-electron chi connectivity index (χ3n) is 5.88. The van der Waals surface area contributed by atoms with Crippen molar-refractivity contribution in [1.82, 2.24) is 4.90 Å². The average Bonchev–Trinajstić information content (AvgIpc) is 3.29. The fourth-order valence-corrected chi connectivity index (χ4v) is 4.31. The molecular weight excluding hydrogens is 431 g/mol. The minimum atomic E-state index is -4.48. The van der Waals surface area contributed by atoms with E-state index in [1.165, 1.54) is 6.07 Å². The highest BCUT2D eigenvalue weighted by atomic mass is 19.4. The molecule has 0 saturated carbocycles. The van der Waals surface area contributed by atoms with Gasteiger partial charge in [-0.2, -0.15) is 13.2 Å². The summed E-state index contributed by atoms with van der Waals surface area (Å²) in [5.74, 6) is -0.339. The lowest BCUT2D eigenvalue weighted by molar-refractivity contribution is -0.143. The molecule has 4 nitrogen and oxygen atoms in total. The summed E-state index contributed by atoms with van der Waals surface area (Å²) in [6.45, 7) is 0.884. The highest BCUT2D eigenvalue weighted by molar-refractivity contribution is 5.74. The van der Waals surface area contributed by atoms with E-state index in [9.17, 15) is 23.1 Å². The lowest BCUT2D eigenvalue weighted by atomic mass is 9.94. The fourth-order valence-electron chi connectivity index (χ4n) is 4.31. The van der Waals surface area contributed by atoms with E-state index in [4.69, 9.17) is 4.74 Å². The van der Waals surface area contributed by atoms with Gasteiger partial charge in [-0.3, -0.25) is 9.69 Å².